The van der Waals surface area contributed by atoms with Crippen molar-refractivity contribution in [2.75, 3.05) is 72.6 Å². The van der Waals surface area contributed by atoms with E-state index in [0.717, 1.165) is 71.2 Å². The molecule has 7 heteroatoms. The number of likely N-dealkylation sites (tertiary alicyclic amines) is 1. The van der Waals surface area contributed by atoms with Gasteiger partial charge in [0.1, 0.15) is 0 Å². The summed E-state index contributed by atoms with van der Waals surface area (Å²) in [5.74, 6) is 1.36. The number of carbonyl (C=O) groups is 1. The Morgan fingerprint density at radius 2 is 1.96 bits per heavy atom. The van der Waals surface area contributed by atoms with Crippen LogP contribution in [0.2, 0.25) is 0 Å². The molecule has 2 aliphatic rings. The highest BCUT2D eigenvalue weighted by Crippen LogP contribution is 2.18. The first kappa shape index (κ1) is 22.0. The summed E-state index contributed by atoms with van der Waals surface area (Å²) in [6.07, 6.45) is 1.92. The van der Waals surface area contributed by atoms with Crippen LogP contribution in [0.4, 0.5) is 0 Å². The number of guanidine groups is 1. The highest BCUT2D eigenvalue weighted by Gasteiger charge is 2.28. The van der Waals surface area contributed by atoms with E-state index in [4.69, 9.17) is 9.73 Å². The minimum atomic E-state index is -0.0681. The summed E-state index contributed by atoms with van der Waals surface area (Å²) in [6.45, 7) is 15.7. The lowest BCUT2D eigenvalue weighted by Crippen LogP contribution is -2.48. The second-order valence-corrected chi connectivity index (χ2v) is 7.94. The zero-order valence-electron chi connectivity index (χ0n) is 17.7. The van der Waals surface area contributed by atoms with Gasteiger partial charge < -0.3 is 24.8 Å². The SMILES string of the molecule is CCNC(=NCC(C)CN1CCN(C)CC1)N1CCCC(C(=O)OCC)C1. The molecule has 0 bridgehead atoms. The summed E-state index contributed by atoms with van der Waals surface area (Å²) in [5, 5.41) is 3.41. The van der Waals surface area contributed by atoms with E-state index in [9.17, 15) is 4.79 Å². The van der Waals surface area contributed by atoms with E-state index in [1.54, 1.807) is 0 Å². The molecule has 2 unspecified atom stereocenters. The molecule has 0 aromatic heterocycles. The Kier molecular flexibility index (Phi) is 9.34. The van der Waals surface area contributed by atoms with Gasteiger partial charge in [0.2, 0.25) is 0 Å². The smallest absolute Gasteiger partial charge is 0.310 e. The van der Waals surface area contributed by atoms with E-state index in [1.807, 2.05) is 6.92 Å². The lowest BCUT2D eigenvalue weighted by Gasteiger charge is -2.35. The monoisotopic (exact) mass is 381 g/mol. The molecule has 2 heterocycles. The molecule has 1 N–H and O–H groups in total. The van der Waals surface area contributed by atoms with E-state index in [1.165, 1.54) is 0 Å². The second kappa shape index (κ2) is 11.5. The van der Waals surface area contributed by atoms with Crippen LogP contribution in [0.5, 0.6) is 0 Å². The minimum absolute atomic E-state index is 0.0367. The zero-order chi connectivity index (χ0) is 19.6. The van der Waals surface area contributed by atoms with Crippen molar-refractivity contribution in [3.05, 3.63) is 0 Å². The highest BCUT2D eigenvalue weighted by atomic mass is 16.5. The molecular weight excluding hydrogens is 342 g/mol. The van der Waals surface area contributed by atoms with Gasteiger partial charge in [-0.1, -0.05) is 6.92 Å². The van der Waals surface area contributed by atoms with Gasteiger partial charge in [0.25, 0.3) is 0 Å². The third-order valence-corrected chi connectivity index (χ3v) is 5.39. The number of esters is 1. The van der Waals surface area contributed by atoms with E-state index in [0.29, 0.717) is 19.1 Å². The minimum Gasteiger partial charge on any atom is -0.466 e. The van der Waals surface area contributed by atoms with Crippen molar-refractivity contribution in [1.29, 1.82) is 0 Å². The lowest BCUT2D eigenvalue weighted by atomic mass is 9.98. The summed E-state index contributed by atoms with van der Waals surface area (Å²) in [6, 6.07) is 0. The maximum Gasteiger partial charge on any atom is 0.310 e. The number of hydrogen-bond acceptors (Lipinski definition) is 5. The van der Waals surface area contributed by atoms with Crippen molar-refractivity contribution in [1.82, 2.24) is 20.0 Å². The van der Waals surface area contributed by atoms with Crippen molar-refractivity contribution in [3.63, 3.8) is 0 Å². The van der Waals surface area contributed by atoms with Crippen LogP contribution >= 0.6 is 0 Å². The van der Waals surface area contributed by atoms with Crippen molar-refractivity contribution in [3.8, 4) is 0 Å². The predicted molar refractivity (Wildman–Crippen MR) is 110 cm³/mol. The fourth-order valence-electron chi connectivity index (χ4n) is 3.82. The maximum absolute atomic E-state index is 12.1. The van der Waals surface area contributed by atoms with Gasteiger partial charge in [-0.25, -0.2) is 0 Å². The quantitative estimate of drug-likeness (QED) is 0.405. The fourth-order valence-corrected chi connectivity index (χ4v) is 3.82. The number of likely N-dealkylation sites (N-methyl/N-ethyl adjacent to an activating group) is 1. The fraction of sp³-hybridized carbons (Fsp3) is 0.900. The first-order valence-corrected chi connectivity index (χ1v) is 10.6. The third-order valence-electron chi connectivity index (χ3n) is 5.39. The number of nitrogens with one attached hydrogen (secondary N) is 1. The third kappa shape index (κ3) is 7.30. The van der Waals surface area contributed by atoms with Gasteiger partial charge >= 0.3 is 5.97 Å². The molecule has 7 nitrogen and oxygen atoms in total. The first-order chi connectivity index (χ1) is 13.0. The Morgan fingerprint density at radius 1 is 1.22 bits per heavy atom. The molecule has 2 rings (SSSR count). The number of rotatable bonds is 7. The van der Waals surface area contributed by atoms with Crippen LogP contribution in [0.15, 0.2) is 4.99 Å². The van der Waals surface area contributed by atoms with Gasteiger partial charge in [-0.05, 0) is 39.7 Å². The van der Waals surface area contributed by atoms with Crippen LogP contribution in [0.25, 0.3) is 0 Å². The molecule has 2 aliphatic heterocycles. The van der Waals surface area contributed by atoms with Crippen molar-refractivity contribution < 1.29 is 9.53 Å². The molecule has 0 saturated carbocycles. The number of carbonyl (C=O) groups excluding carboxylic acids is 1. The predicted octanol–water partition coefficient (Wildman–Crippen LogP) is 1.11. The van der Waals surface area contributed by atoms with E-state index in [-0.39, 0.29) is 11.9 Å². The summed E-state index contributed by atoms with van der Waals surface area (Å²) in [7, 11) is 2.19. The van der Waals surface area contributed by atoms with E-state index in [2.05, 4.69) is 40.9 Å². The van der Waals surface area contributed by atoms with E-state index < -0.39 is 0 Å². The van der Waals surface area contributed by atoms with Gasteiger partial charge in [0, 0.05) is 58.9 Å². The largest absolute Gasteiger partial charge is 0.466 e. The molecule has 0 aliphatic carbocycles. The van der Waals surface area contributed by atoms with Crippen LogP contribution in [-0.2, 0) is 9.53 Å². The normalized spacial score (nSPS) is 23.9. The molecule has 0 spiro atoms. The van der Waals surface area contributed by atoms with E-state index >= 15 is 0 Å². The Labute approximate surface area is 165 Å². The second-order valence-electron chi connectivity index (χ2n) is 7.94. The van der Waals surface area contributed by atoms with Crippen LogP contribution in [0, 0.1) is 11.8 Å². The maximum atomic E-state index is 12.1. The number of piperazine rings is 1. The van der Waals surface area contributed by atoms with Crippen LogP contribution in [-0.4, -0.2) is 99.2 Å². The summed E-state index contributed by atoms with van der Waals surface area (Å²) < 4.78 is 5.22. The highest BCUT2D eigenvalue weighted by molar-refractivity contribution is 5.81. The van der Waals surface area contributed by atoms with Gasteiger partial charge in [0.15, 0.2) is 5.96 Å². The van der Waals surface area contributed by atoms with Gasteiger partial charge in [0.05, 0.1) is 12.5 Å². The van der Waals surface area contributed by atoms with Crippen LogP contribution < -0.4 is 5.32 Å². The van der Waals surface area contributed by atoms with Gasteiger partial charge in [-0.3, -0.25) is 9.79 Å². The molecule has 0 amide bonds. The Hall–Kier alpha value is -1.34. The summed E-state index contributed by atoms with van der Waals surface area (Å²) in [4.78, 5) is 24.2. The topological polar surface area (TPSA) is 60.4 Å². The number of ether oxygens (including phenoxy) is 1. The molecule has 0 radical (unpaired) electrons. The standard InChI is InChI=1S/C20H39N5O2/c1-5-21-20(25-9-7-8-18(16-25)19(26)27-6-2)22-14-17(3)15-24-12-10-23(4)11-13-24/h17-18H,5-16H2,1-4H3,(H,21,22). The van der Waals surface area contributed by atoms with Gasteiger partial charge in [-0.15, -0.1) is 0 Å². The number of aliphatic imine (C=N–C) groups is 1. The molecule has 0 aromatic carbocycles. The molecule has 2 atom stereocenters. The number of piperidine rings is 1. The first-order valence-electron chi connectivity index (χ1n) is 10.6. The molecule has 2 fully saturated rings. The Bertz CT molecular complexity index is 477. The zero-order valence-corrected chi connectivity index (χ0v) is 17.7. The molecular formula is C20H39N5O2. The lowest BCUT2D eigenvalue weighted by molar-refractivity contribution is -0.149. The Morgan fingerprint density at radius 3 is 2.63 bits per heavy atom. The van der Waals surface area contributed by atoms with Crippen LogP contribution in [0.1, 0.15) is 33.6 Å². The molecule has 2 saturated heterocycles. The number of nitrogens with zero attached hydrogens (tertiary/aromatic N) is 4. The molecule has 27 heavy (non-hydrogen) atoms. The van der Waals surface area contributed by atoms with Gasteiger partial charge in [-0.2, -0.15) is 0 Å². The average molecular weight is 382 g/mol. The molecule has 156 valence electrons. The number of hydrogen-bond donors (Lipinski definition) is 1. The Balaban J connectivity index is 1.87. The van der Waals surface area contributed by atoms with Crippen molar-refractivity contribution in [2.24, 2.45) is 16.8 Å². The van der Waals surface area contributed by atoms with Crippen molar-refractivity contribution in [2.45, 2.75) is 33.6 Å². The average Bonchev–Trinajstić information content (AvgIpc) is 2.67. The van der Waals surface area contributed by atoms with Crippen LogP contribution in [0.3, 0.4) is 0 Å². The molecule has 0 aromatic rings. The summed E-state index contributed by atoms with van der Waals surface area (Å²) >= 11 is 0. The van der Waals surface area contributed by atoms with Crippen molar-refractivity contribution >= 4 is 11.9 Å². The summed E-state index contributed by atoms with van der Waals surface area (Å²) in [5.41, 5.74) is 0.